The maximum absolute atomic E-state index is 13.7. The lowest BCUT2D eigenvalue weighted by Gasteiger charge is -2.34. The van der Waals surface area contributed by atoms with E-state index < -0.39 is 26.1 Å². The molecule has 1 atom stereocenters. The molecule has 1 aliphatic heterocycles. The molecule has 0 bridgehead atoms. The van der Waals surface area contributed by atoms with Gasteiger partial charge in [-0.15, -0.1) is 23.2 Å². The highest BCUT2D eigenvalue weighted by atomic mass is 35.5. The van der Waals surface area contributed by atoms with Gasteiger partial charge in [-0.1, -0.05) is 12.1 Å². The predicted octanol–water partition coefficient (Wildman–Crippen LogP) is 1.85. The number of hydrogen-bond acceptors (Lipinski definition) is 3. The topological polar surface area (TPSA) is 57.7 Å². The van der Waals surface area contributed by atoms with Crippen LogP contribution in [0.15, 0.2) is 29.2 Å². The van der Waals surface area contributed by atoms with Crippen LogP contribution in [0.5, 0.6) is 0 Å². The first-order valence-corrected chi connectivity index (χ1v) is 9.34. The maximum atomic E-state index is 13.7. The van der Waals surface area contributed by atoms with Crippen molar-refractivity contribution >= 4 is 39.1 Å². The molecule has 1 unspecified atom stereocenters. The van der Waals surface area contributed by atoms with Gasteiger partial charge in [0.1, 0.15) is 15.0 Å². The molecule has 23 heavy (non-hydrogen) atoms. The fourth-order valence-corrected chi connectivity index (χ4v) is 4.63. The van der Waals surface area contributed by atoms with E-state index in [2.05, 4.69) is 0 Å². The zero-order chi connectivity index (χ0) is 16.8. The summed E-state index contributed by atoms with van der Waals surface area (Å²) in [5.74, 6) is -1.35. The van der Waals surface area contributed by atoms with E-state index in [1.807, 2.05) is 0 Å². The Morgan fingerprint density at radius 3 is 2.26 bits per heavy atom. The molecule has 2 aliphatic rings. The number of piperazine rings is 1. The minimum atomic E-state index is -3.90. The Morgan fingerprint density at radius 1 is 1.17 bits per heavy atom. The fourth-order valence-electron chi connectivity index (χ4n) is 2.64. The molecule has 0 N–H and O–H groups in total. The Bertz CT molecular complexity index is 733. The Morgan fingerprint density at radius 2 is 1.74 bits per heavy atom. The minimum Gasteiger partial charge on any atom is -0.340 e. The number of rotatable bonds is 3. The maximum Gasteiger partial charge on any atom is 0.246 e. The van der Waals surface area contributed by atoms with Crippen LogP contribution in [0.2, 0.25) is 0 Å². The van der Waals surface area contributed by atoms with Gasteiger partial charge in [-0.2, -0.15) is 4.31 Å². The van der Waals surface area contributed by atoms with Gasteiger partial charge < -0.3 is 4.90 Å². The molecule has 1 aromatic rings. The summed E-state index contributed by atoms with van der Waals surface area (Å²) in [6, 6.07) is 5.26. The lowest BCUT2D eigenvalue weighted by molar-refractivity contribution is -0.133. The van der Waals surface area contributed by atoms with Gasteiger partial charge >= 0.3 is 0 Å². The Labute approximate surface area is 144 Å². The number of halogens is 3. The van der Waals surface area contributed by atoms with Crippen LogP contribution < -0.4 is 0 Å². The van der Waals surface area contributed by atoms with E-state index in [1.54, 1.807) is 4.90 Å². The summed E-state index contributed by atoms with van der Waals surface area (Å²) in [6.45, 7) is 0.721. The molecule has 2 fully saturated rings. The quantitative estimate of drug-likeness (QED) is 0.751. The number of alkyl halides is 2. The molecule has 1 heterocycles. The number of carbonyl (C=O) groups excluding carboxylic acids is 1. The second-order valence-corrected chi connectivity index (χ2v) is 9.13. The third kappa shape index (κ3) is 3.20. The van der Waals surface area contributed by atoms with Crippen LogP contribution in [-0.2, 0) is 14.8 Å². The number of carbonyl (C=O) groups is 1. The number of amides is 1. The van der Waals surface area contributed by atoms with Crippen molar-refractivity contribution in [3.05, 3.63) is 30.1 Å². The molecule has 1 saturated heterocycles. The largest absolute Gasteiger partial charge is 0.340 e. The highest BCUT2D eigenvalue weighted by molar-refractivity contribution is 7.89. The Hall–Kier alpha value is -0.890. The summed E-state index contributed by atoms with van der Waals surface area (Å²) < 4.78 is 38.9. The molecule has 126 valence electrons. The van der Waals surface area contributed by atoms with E-state index in [0.29, 0.717) is 6.42 Å². The SMILES string of the molecule is O=C(C1CC1(Cl)Cl)N1CCN(S(=O)(=O)c2ccccc2F)CC1. The normalized spacial score (nSPS) is 24.5. The fraction of sp³-hybridized carbons (Fsp3) is 0.500. The summed E-state index contributed by atoms with van der Waals surface area (Å²) in [5.41, 5.74) is 0. The number of sulfonamides is 1. The third-order valence-electron chi connectivity index (χ3n) is 4.13. The summed E-state index contributed by atoms with van der Waals surface area (Å²) in [7, 11) is -3.90. The molecular weight excluding hydrogens is 366 g/mol. The second kappa shape index (κ2) is 5.88. The first-order chi connectivity index (χ1) is 10.7. The van der Waals surface area contributed by atoms with Crippen LogP contribution in [-0.4, -0.2) is 54.0 Å². The predicted molar refractivity (Wildman–Crippen MR) is 84.3 cm³/mol. The summed E-state index contributed by atoms with van der Waals surface area (Å²) >= 11 is 11.8. The first-order valence-electron chi connectivity index (χ1n) is 7.15. The monoisotopic (exact) mass is 380 g/mol. The van der Waals surface area contributed by atoms with Crippen molar-refractivity contribution in [2.75, 3.05) is 26.2 Å². The van der Waals surface area contributed by atoms with Crippen molar-refractivity contribution in [1.29, 1.82) is 0 Å². The summed E-state index contributed by atoms with van der Waals surface area (Å²) in [5, 5.41) is 0. The zero-order valence-corrected chi connectivity index (χ0v) is 14.4. The molecule has 9 heteroatoms. The number of nitrogens with zero attached hydrogens (tertiary/aromatic N) is 2. The molecule has 1 aromatic carbocycles. The number of hydrogen-bond donors (Lipinski definition) is 0. The smallest absolute Gasteiger partial charge is 0.246 e. The van der Waals surface area contributed by atoms with Crippen molar-refractivity contribution in [1.82, 2.24) is 9.21 Å². The van der Waals surface area contributed by atoms with Crippen molar-refractivity contribution in [3.8, 4) is 0 Å². The molecule has 3 rings (SSSR count). The van der Waals surface area contributed by atoms with Gasteiger partial charge in [0.15, 0.2) is 0 Å². The van der Waals surface area contributed by atoms with E-state index in [4.69, 9.17) is 23.2 Å². The summed E-state index contributed by atoms with van der Waals surface area (Å²) in [4.78, 5) is 13.4. The number of benzene rings is 1. The molecular formula is C14H15Cl2FN2O3S. The molecule has 1 saturated carbocycles. The lowest BCUT2D eigenvalue weighted by atomic mass is 10.3. The van der Waals surface area contributed by atoms with E-state index >= 15 is 0 Å². The van der Waals surface area contributed by atoms with Crippen LogP contribution in [0.25, 0.3) is 0 Å². The van der Waals surface area contributed by atoms with Gasteiger partial charge in [0, 0.05) is 26.2 Å². The average molecular weight is 381 g/mol. The van der Waals surface area contributed by atoms with Crippen molar-refractivity contribution in [2.24, 2.45) is 5.92 Å². The Kier molecular flexibility index (Phi) is 4.33. The molecule has 0 radical (unpaired) electrons. The van der Waals surface area contributed by atoms with Gasteiger partial charge in [0.25, 0.3) is 0 Å². The first kappa shape index (κ1) is 17.0. The molecule has 0 spiro atoms. The van der Waals surface area contributed by atoms with Crippen molar-refractivity contribution < 1.29 is 17.6 Å². The molecule has 1 aliphatic carbocycles. The highest BCUT2D eigenvalue weighted by Crippen LogP contribution is 2.53. The van der Waals surface area contributed by atoms with E-state index in [0.717, 1.165) is 6.07 Å². The van der Waals surface area contributed by atoms with Crippen molar-refractivity contribution in [3.63, 3.8) is 0 Å². The standard InChI is InChI=1S/C14H15Cl2FN2O3S/c15-14(16)9-10(14)13(20)18-5-7-19(8-6-18)23(21,22)12-4-2-1-3-11(12)17/h1-4,10H,5-9H2. The van der Waals surface area contributed by atoms with Gasteiger partial charge in [0.2, 0.25) is 15.9 Å². The highest BCUT2D eigenvalue weighted by Gasteiger charge is 2.57. The minimum absolute atomic E-state index is 0.118. The van der Waals surface area contributed by atoms with Gasteiger partial charge in [0.05, 0.1) is 5.92 Å². The van der Waals surface area contributed by atoms with Crippen LogP contribution >= 0.6 is 23.2 Å². The van der Waals surface area contributed by atoms with Gasteiger partial charge in [-0.25, -0.2) is 12.8 Å². The van der Waals surface area contributed by atoms with Crippen LogP contribution in [0.1, 0.15) is 6.42 Å². The molecule has 0 aromatic heterocycles. The van der Waals surface area contributed by atoms with Crippen molar-refractivity contribution in [2.45, 2.75) is 15.6 Å². The van der Waals surface area contributed by atoms with Gasteiger partial charge in [-0.05, 0) is 18.6 Å². The van der Waals surface area contributed by atoms with Crippen LogP contribution in [0.4, 0.5) is 4.39 Å². The van der Waals surface area contributed by atoms with E-state index in [9.17, 15) is 17.6 Å². The van der Waals surface area contributed by atoms with Gasteiger partial charge in [-0.3, -0.25) is 4.79 Å². The lowest BCUT2D eigenvalue weighted by Crippen LogP contribution is -2.51. The van der Waals surface area contributed by atoms with E-state index in [1.165, 1.54) is 22.5 Å². The average Bonchev–Trinajstić information content (AvgIpc) is 3.15. The van der Waals surface area contributed by atoms with E-state index in [-0.39, 0.29) is 37.0 Å². The van der Waals surface area contributed by atoms with Crippen LogP contribution in [0, 0.1) is 11.7 Å². The van der Waals surface area contributed by atoms with Crippen LogP contribution in [0.3, 0.4) is 0 Å². The zero-order valence-electron chi connectivity index (χ0n) is 12.1. The summed E-state index contributed by atoms with van der Waals surface area (Å²) in [6.07, 6.45) is 0.419. The second-order valence-electron chi connectivity index (χ2n) is 5.68. The Balaban J connectivity index is 1.67. The molecule has 5 nitrogen and oxygen atoms in total. The molecule has 1 amide bonds. The third-order valence-corrected chi connectivity index (χ3v) is 6.90.